The number of thiazole rings is 1. The first kappa shape index (κ1) is 23.2. The molecule has 0 radical (unpaired) electrons. The van der Waals surface area contributed by atoms with Crippen molar-refractivity contribution >= 4 is 29.4 Å². The fraction of sp³-hybridized carbons (Fsp3) is 0.200. The van der Waals surface area contributed by atoms with Crippen molar-refractivity contribution in [3.05, 3.63) is 90.6 Å². The molecule has 0 aliphatic carbocycles. The second kappa shape index (κ2) is 9.48. The number of benzene rings is 2. The van der Waals surface area contributed by atoms with Crippen LogP contribution in [0, 0.1) is 0 Å². The Morgan fingerprint density at radius 2 is 1.82 bits per heavy atom. The molecular weight excluding hydrogens is 456 g/mol. The monoisotopic (exact) mass is 478 g/mol. The third kappa shape index (κ3) is 4.42. The summed E-state index contributed by atoms with van der Waals surface area (Å²) < 4.78 is 17.3. The van der Waals surface area contributed by atoms with Gasteiger partial charge in [-0.05, 0) is 48.4 Å². The number of ether oxygens (including phenoxy) is 3. The highest BCUT2D eigenvalue weighted by Crippen LogP contribution is 2.31. The molecule has 0 saturated heterocycles. The number of esters is 2. The van der Waals surface area contributed by atoms with Gasteiger partial charge in [0.25, 0.3) is 5.56 Å². The van der Waals surface area contributed by atoms with Crippen LogP contribution in [0.5, 0.6) is 11.5 Å². The van der Waals surface area contributed by atoms with Crippen LogP contribution in [0.15, 0.2) is 69.6 Å². The van der Waals surface area contributed by atoms with Gasteiger partial charge in [0, 0.05) is 6.92 Å². The second-order valence-corrected chi connectivity index (χ2v) is 8.52. The zero-order valence-corrected chi connectivity index (χ0v) is 19.8. The summed E-state index contributed by atoms with van der Waals surface area (Å²) in [6.07, 6.45) is 1.71. The molecule has 1 atom stereocenters. The largest absolute Gasteiger partial charge is 0.497 e. The van der Waals surface area contributed by atoms with E-state index in [2.05, 4.69) is 4.99 Å². The fourth-order valence-electron chi connectivity index (χ4n) is 3.78. The Labute approximate surface area is 199 Å². The average Bonchev–Trinajstić information content (AvgIpc) is 3.12. The molecule has 2 aromatic carbocycles. The number of nitrogens with zero attached hydrogens (tertiary/aromatic N) is 2. The molecule has 0 spiro atoms. The summed E-state index contributed by atoms with van der Waals surface area (Å²) in [5, 5.41) is 0. The third-order valence-electron chi connectivity index (χ3n) is 5.28. The van der Waals surface area contributed by atoms with E-state index in [1.807, 2.05) is 12.1 Å². The lowest BCUT2D eigenvalue weighted by Crippen LogP contribution is -2.39. The van der Waals surface area contributed by atoms with Gasteiger partial charge in [0.05, 0.1) is 36.1 Å². The summed E-state index contributed by atoms with van der Waals surface area (Å²) in [6, 6.07) is 13.3. The molecule has 9 heteroatoms. The number of rotatable bonds is 5. The number of carbonyl (C=O) groups is 2. The summed E-state index contributed by atoms with van der Waals surface area (Å²) in [5.41, 5.74) is 1.89. The molecule has 34 heavy (non-hydrogen) atoms. The Balaban J connectivity index is 1.90. The number of fused-ring (bicyclic) bond motifs is 1. The van der Waals surface area contributed by atoms with E-state index < -0.39 is 18.0 Å². The summed E-state index contributed by atoms with van der Waals surface area (Å²) in [6.45, 7) is 3.05. The highest BCUT2D eigenvalue weighted by atomic mass is 32.1. The van der Waals surface area contributed by atoms with Gasteiger partial charge < -0.3 is 14.2 Å². The first-order valence-corrected chi connectivity index (χ1v) is 11.2. The molecule has 1 aromatic heterocycles. The smallest absolute Gasteiger partial charge is 0.338 e. The van der Waals surface area contributed by atoms with Crippen molar-refractivity contribution in [2.45, 2.75) is 19.9 Å². The minimum atomic E-state index is -0.705. The Hall–Kier alpha value is -3.98. The van der Waals surface area contributed by atoms with Crippen LogP contribution in [0.2, 0.25) is 0 Å². The lowest BCUT2D eigenvalue weighted by molar-refractivity contribution is -0.136. The summed E-state index contributed by atoms with van der Waals surface area (Å²) in [4.78, 5) is 42.5. The van der Waals surface area contributed by atoms with E-state index in [1.54, 1.807) is 56.5 Å². The number of methoxy groups -OCH3 is 2. The molecule has 1 unspecified atom stereocenters. The van der Waals surface area contributed by atoms with E-state index in [0.717, 1.165) is 5.56 Å². The molecule has 4 rings (SSSR count). The van der Waals surface area contributed by atoms with E-state index in [-0.39, 0.29) is 5.56 Å². The summed E-state index contributed by atoms with van der Waals surface area (Å²) in [7, 11) is 2.87. The van der Waals surface area contributed by atoms with Crippen molar-refractivity contribution < 1.29 is 23.8 Å². The predicted octanol–water partition coefficient (Wildman–Crippen LogP) is 2.34. The summed E-state index contributed by atoms with van der Waals surface area (Å²) in [5.74, 6) is 0.0605. The predicted molar refractivity (Wildman–Crippen MR) is 127 cm³/mol. The molecule has 1 aliphatic heterocycles. The lowest BCUT2D eigenvalue weighted by atomic mass is 9.96. The van der Waals surface area contributed by atoms with Crippen LogP contribution in [0.25, 0.3) is 6.08 Å². The number of aromatic nitrogens is 1. The van der Waals surface area contributed by atoms with Gasteiger partial charge in [-0.2, -0.15) is 0 Å². The minimum absolute atomic E-state index is 0.295. The Bertz CT molecular complexity index is 1480. The normalized spacial score (nSPS) is 15.4. The van der Waals surface area contributed by atoms with Crippen LogP contribution in [-0.4, -0.2) is 30.7 Å². The maximum Gasteiger partial charge on any atom is 0.338 e. The third-order valence-corrected chi connectivity index (χ3v) is 6.26. The molecule has 174 valence electrons. The highest BCUT2D eigenvalue weighted by molar-refractivity contribution is 7.07. The Morgan fingerprint density at radius 3 is 2.47 bits per heavy atom. The van der Waals surface area contributed by atoms with Crippen molar-refractivity contribution in [1.82, 2.24) is 4.57 Å². The number of hydrogen-bond acceptors (Lipinski definition) is 8. The summed E-state index contributed by atoms with van der Waals surface area (Å²) >= 11 is 1.22. The molecule has 0 N–H and O–H groups in total. The second-order valence-electron chi connectivity index (χ2n) is 7.51. The molecule has 0 saturated carbocycles. The van der Waals surface area contributed by atoms with Crippen LogP contribution in [0.1, 0.15) is 31.0 Å². The lowest BCUT2D eigenvalue weighted by Gasteiger charge is -2.24. The van der Waals surface area contributed by atoms with Crippen molar-refractivity contribution in [3.8, 4) is 11.5 Å². The first-order valence-electron chi connectivity index (χ1n) is 10.4. The van der Waals surface area contributed by atoms with Crippen molar-refractivity contribution in [3.63, 3.8) is 0 Å². The topological polar surface area (TPSA) is 96.2 Å². The van der Waals surface area contributed by atoms with Crippen LogP contribution >= 0.6 is 11.3 Å². The van der Waals surface area contributed by atoms with Crippen LogP contribution in [-0.2, 0) is 14.3 Å². The number of carbonyl (C=O) groups excluding carboxylic acids is 2. The van der Waals surface area contributed by atoms with Crippen molar-refractivity contribution in [2.75, 3.05) is 14.2 Å². The molecule has 0 bridgehead atoms. The van der Waals surface area contributed by atoms with Gasteiger partial charge in [0.1, 0.15) is 11.5 Å². The molecule has 8 nitrogen and oxygen atoms in total. The van der Waals surface area contributed by atoms with E-state index >= 15 is 0 Å². The van der Waals surface area contributed by atoms with Gasteiger partial charge in [-0.3, -0.25) is 14.2 Å². The molecule has 3 aromatic rings. The zero-order valence-electron chi connectivity index (χ0n) is 19.0. The zero-order chi connectivity index (χ0) is 24.4. The Kier molecular flexibility index (Phi) is 6.47. The van der Waals surface area contributed by atoms with E-state index in [0.29, 0.717) is 37.7 Å². The molecule has 0 amide bonds. The molecular formula is C25H22N2O6S. The van der Waals surface area contributed by atoms with Crippen LogP contribution in [0.4, 0.5) is 0 Å². The standard InChI is InChI=1S/C25H22N2O6S/c1-14-21(24(30)32-4)22(17-8-10-18(31-3)11-9-17)27-23(29)20(34-25(27)26-14)13-16-6-5-7-19(12-16)33-15(2)28/h5-13,22H,1-4H3/b20-13-. The quantitative estimate of drug-likeness (QED) is 0.413. The molecule has 0 fully saturated rings. The van der Waals surface area contributed by atoms with Gasteiger partial charge in [-0.1, -0.05) is 35.6 Å². The first-order chi connectivity index (χ1) is 16.3. The van der Waals surface area contributed by atoms with Gasteiger partial charge in [0.2, 0.25) is 0 Å². The van der Waals surface area contributed by atoms with E-state index in [1.165, 1.54) is 29.9 Å². The minimum Gasteiger partial charge on any atom is -0.497 e. The van der Waals surface area contributed by atoms with Crippen LogP contribution < -0.4 is 24.4 Å². The van der Waals surface area contributed by atoms with Crippen molar-refractivity contribution in [1.29, 1.82) is 0 Å². The van der Waals surface area contributed by atoms with Gasteiger partial charge >= 0.3 is 11.9 Å². The number of allylic oxidation sites excluding steroid dienone is 1. The fourth-order valence-corrected chi connectivity index (χ4v) is 4.83. The van der Waals surface area contributed by atoms with Gasteiger partial charge in [-0.25, -0.2) is 9.79 Å². The van der Waals surface area contributed by atoms with E-state index in [4.69, 9.17) is 14.2 Å². The van der Waals surface area contributed by atoms with Crippen LogP contribution in [0.3, 0.4) is 0 Å². The maximum absolute atomic E-state index is 13.5. The molecule has 1 aliphatic rings. The highest BCUT2D eigenvalue weighted by Gasteiger charge is 2.33. The van der Waals surface area contributed by atoms with Gasteiger partial charge in [-0.15, -0.1) is 0 Å². The number of hydrogen-bond donors (Lipinski definition) is 0. The van der Waals surface area contributed by atoms with Crippen molar-refractivity contribution in [2.24, 2.45) is 4.99 Å². The average molecular weight is 479 g/mol. The van der Waals surface area contributed by atoms with E-state index in [9.17, 15) is 14.4 Å². The Morgan fingerprint density at radius 1 is 1.09 bits per heavy atom. The molecule has 2 heterocycles. The maximum atomic E-state index is 13.5. The van der Waals surface area contributed by atoms with Gasteiger partial charge in [0.15, 0.2) is 4.80 Å². The SMILES string of the molecule is COC(=O)C1=C(C)N=c2s/c(=C\c3cccc(OC(C)=O)c3)c(=O)n2C1c1ccc(OC)cc1.